The largest absolute Gasteiger partial charge is 0.388 e. The lowest BCUT2D eigenvalue weighted by Gasteiger charge is -2.22. The van der Waals surface area contributed by atoms with E-state index in [0.717, 1.165) is 12.0 Å². The Morgan fingerprint density at radius 1 is 1.38 bits per heavy atom. The zero-order valence-electron chi connectivity index (χ0n) is 9.89. The van der Waals surface area contributed by atoms with Gasteiger partial charge in [0.2, 0.25) is 0 Å². The van der Waals surface area contributed by atoms with Crippen molar-refractivity contribution < 1.29 is 5.11 Å². The molecule has 1 aliphatic carbocycles. The van der Waals surface area contributed by atoms with Gasteiger partial charge in [0.1, 0.15) is 0 Å². The van der Waals surface area contributed by atoms with E-state index in [1.165, 1.54) is 18.4 Å². The molecule has 0 bridgehead atoms. The molecule has 0 aromatic heterocycles. The van der Waals surface area contributed by atoms with Gasteiger partial charge in [-0.1, -0.05) is 31.2 Å². The molecule has 0 heterocycles. The number of aliphatic hydroxyl groups excluding tert-OH is 1. The molecule has 2 atom stereocenters. The first-order valence-electron chi connectivity index (χ1n) is 6.24. The SMILES string of the molecule is CCC(CN)C(O)c1ccccc1C1CC1. The van der Waals surface area contributed by atoms with Gasteiger partial charge in [0, 0.05) is 5.92 Å². The summed E-state index contributed by atoms with van der Waals surface area (Å²) in [5, 5.41) is 10.4. The van der Waals surface area contributed by atoms with Crippen molar-refractivity contribution in [2.45, 2.75) is 38.2 Å². The van der Waals surface area contributed by atoms with Crippen LogP contribution in [0.1, 0.15) is 49.3 Å². The van der Waals surface area contributed by atoms with E-state index in [4.69, 9.17) is 5.73 Å². The van der Waals surface area contributed by atoms with Gasteiger partial charge in [-0.2, -0.15) is 0 Å². The van der Waals surface area contributed by atoms with E-state index in [0.29, 0.717) is 12.5 Å². The molecule has 88 valence electrons. The van der Waals surface area contributed by atoms with Gasteiger partial charge in [0.15, 0.2) is 0 Å². The molecule has 0 saturated heterocycles. The van der Waals surface area contributed by atoms with Gasteiger partial charge in [0.25, 0.3) is 0 Å². The molecule has 2 unspecified atom stereocenters. The Morgan fingerprint density at radius 3 is 2.62 bits per heavy atom. The zero-order valence-corrected chi connectivity index (χ0v) is 9.89. The lowest BCUT2D eigenvalue weighted by Crippen LogP contribution is -2.22. The molecule has 1 aromatic rings. The van der Waals surface area contributed by atoms with Crippen LogP contribution in [0.2, 0.25) is 0 Å². The minimum atomic E-state index is -0.396. The van der Waals surface area contributed by atoms with Crippen LogP contribution in [0.4, 0.5) is 0 Å². The second-order valence-corrected chi connectivity index (χ2v) is 4.75. The number of hydrogen-bond acceptors (Lipinski definition) is 2. The van der Waals surface area contributed by atoms with Crippen molar-refractivity contribution >= 4 is 0 Å². The summed E-state index contributed by atoms with van der Waals surface area (Å²) in [5.74, 6) is 0.862. The molecular formula is C14H21NO. The van der Waals surface area contributed by atoms with Gasteiger partial charge in [0.05, 0.1) is 6.10 Å². The fourth-order valence-electron chi connectivity index (χ4n) is 2.32. The maximum atomic E-state index is 10.4. The van der Waals surface area contributed by atoms with Crippen LogP contribution < -0.4 is 5.73 Å². The fraction of sp³-hybridized carbons (Fsp3) is 0.571. The minimum Gasteiger partial charge on any atom is -0.388 e. The van der Waals surface area contributed by atoms with E-state index in [-0.39, 0.29) is 5.92 Å². The van der Waals surface area contributed by atoms with Crippen LogP contribution in [-0.4, -0.2) is 11.7 Å². The number of rotatable bonds is 5. The lowest BCUT2D eigenvalue weighted by atomic mass is 9.89. The second-order valence-electron chi connectivity index (χ2n) is 4.75. The monoisotopic (exact) mass is 219 g/mol. The van der Waals surface area contributed by atoms with Crippen LogP contribution in [0, 0.1) is 5.92 Å². The van der Waals surface area contributed by atoms with Crippen molar-refractivity contribution in [1.29, 1.82) is 0 Å². The number of benzene rings is 1. The van der Waals surface area contributed by atoms with Crippen molar-refractivity contribution in [1.82, 2.24) is 0 Å². The smallest absolute Gasteiger partial charge is 0.0832 e. The van der Waals surface area contributed by atoms with Crippen LogP contribution in [-0.2, 0) is 0 Å². The number of nitrogens with two attached hydrogens (primary N) is 1. The van der Waals surface area contributed by atoms with Crippen molar-refractivity contribution in [2.24, 2.45) is 11.7 Å². The van der Waals surface area contributed by atoms with Gasteiger partial charge in [-0.25, -0.2) is 0 Å². The third-order valence-electron chi connectivity index (χ3n) is 3.61. The molecule has 2 nitrogen and oxygen atoms in total. The average Bonchev–Trinajstić information content (AvgIpc) is 3.14. The molecule has 1 aromatic carbocycles. The lowest BCUT2D eigenvalue weighted by molar-refractivity contribution is 0.109. The molecule has 2 heteroatoms. The van der Waals surface area contributed by atoms with Gasteiger partial charge in [-0.05, 0) is 42.9 Å². The molecule has 16 heavy (non-hydrogen) atoms. The summed E-state index contributed by atoms with van der Waals surface area (Å²) in [5.41, 5.74) is 8.14. The Balaban J connectivity index is 2.24. The molecular weight excluding hydrogens is 198 g/mol. The molecule has 0 radical (unpaired) electrons. The van der Waals surface area contributed by atoms with E-state index in [2.05, 4.69) is 25.1 Å². The van der Waals surface area contributed by atoms with E-state index >= 15 is 0 Å². The number of hydrogen-bond donors (Lipinski definition) is 2. The maximum Gasteiger partial charge on any atom is 0.0832 e. The first kappa shape index (κ1) is 11.6. The molecule has 0 amide bonds. The van der Waals surface area contributed by atoms with Crippen LogP contribution in [0.5, 0.6) is 0 Å². The first-order valence-corrected chi connectivity index (χ1v) is 6.24. The standard InChI is InChI=1S/C14H21NO/c1-2-10(9-15)14(16)13-6-4-3-5-12(13)11-7-8-11/h3-6,10-11,14,16H,2,7-9,15H2,1H3. The summed E-state index contributed by atoms with van der Waals surface area (Å²) in [4.78, 5) is 0. The van der Waals surface area contributed by atoms with Crippen molar-refractivity contribution in [2.75, 3.05) is 6.54 Å². The third kappa shape index (κ3) is 2.28. The summed E-state index contributed by atoms with van der Waals surface area (Å²) in [6.07, 6.45) is 3.06. The fourth-order valence-corrected chi connectivity index (χ4v) is 2.32. The maximum absolute atomic E-state index is 10.4. The Morgan fingerprint density at radius 2 is 2.06 bits per heavy atom. The molecule has 0 aliphatic heterocycles. The Labute approximate surface area is 97.5 Å². The summed E-state index contributed by atoms with van der Waals surface area (Å²) < 4.78 is 0. The topological polar surface area (TPSA) is 46.2 Å². The first-order chi connectivity index (χ1) is 7.77. The summed E-state index contributed by atoms with van der Waals surface area (Å²) in [6.45, 7) is 2.64. The summed E-state index contributed by atoms with van der Waals surface area (Å²) in [6, 6.07) is 8.27. The predicted molar refractivity (Wildman–Crippen MR) is 66.2 cm³/mol. The summed E-state index contributed by atoms with van der Waals surface area (Å²) in [7, 11) is 0. The van der Waals surface area contributed by atoms with E-state index in [1.54, 1.807) is 0 Å². The van der Waals surface area contributed by atoms with Crippen LogP contribution in [0.25, 0.3) is 0 Å². The molecule has 0 spiro atoms. The van der Waals surface area contributed by atoms with Crippen molar-refractivity contribution in [3.05, 3.63) is 35.4 Å². The Hall–Kier alpha value is -0.860. The van der Waals surface area contributed by atoms with E-state index in [9.17, 15) is 5.11 Å². The number of aliphatic hydroxyl groups is 1. The molecule has 3 N–H and O–H groups in total. The third-order valence-corrected chi connectivity index (χ3v) is 3.61. The van der Waals surface area contributed by atoms with E-state index < -0.39 is 6.10 Å². The van der Waals surface area contributed by atoms with Crippen molar-refractivity contribution in [3.63, 3.8) is 0 Å². The van der Waals surface area contributed by atoms with Crippen LogP contribution >= 0.6 is 0 Å². The highest BCUT2D eigenvalue weighted by atomic mass is 16.3. The molecule has 2 rings (SSSR count). The zero-order chi connectivity index (χ0) is 11.5. The van der Waals surface area contributed by atoms with Gasteiger partial charge in [-0.3, -0.25) is 0 Å². The Bertz CT molecular complexity index is 342. The minimum absolute atomic E-state index is 0.180. The normalized spacial score (nSPS) is 19.4. The quantitative estimate of drug-likeness (QED) is 0.799. The second kappa shape index (κ2) is 4.98. The van der Waals surface area contributed by atoms with Gasteiger partial charge in [-0.15, -0.1) is 0 Å². The van der Waals surface area contributed by atoms with Crippen LogP contribution in [0.15, 0.2) is 24.3 Å². The average molecular weight is 219 g/mol. The van der Waals surface area contributed by atoms with Gasteiger partial charge >= 0.3 is 0 Å². The van der Waals surface area contributed by atoms with E-state index in [1.807, 2.05) is 6.07 Å². The molecule has 1 saturated carbocycles. The van der Waals surface area contributed by atoms with Crippen LogP contribution in [0.3, 0.4) is 0 Å². The van der Waals surface area contributed by atoms with Crippen molar-refractivity contribution in [3.8, 4) is 0 Å². The highest BCUT2D eigenvalue weighted by molar-refractivity contribution is 5.35. The summed E-state index contributed by atoms with van der Waals surface area (Å²) >= 11 is 0. The predicted octanol–water partition coefficient (Wildman–Crippen LogP) is 2.58. The van der Waals surface area contributed by atoms with Gasteiger partial charge < -0.3 is 10.8 Å². The molecule has 1 aliphatic rings. The highest BCUT2D eigenvalue weighted by Crippen LogP contribution is 2.43. The molecule has 1 fully saturated rings. The highest BCUT2D eigenvalue weighted by Gasteiger charge is 2.29. The Kier molecular flexibility index (Phi) is 3.62.